The molecule has 0 saturated carbocycles. The zero-order valence-corrected chi connectivity index (χ0v) is 12.1. The summed E-state index contributed by atoms with van der Waals surface area (Å²) in [5, 5.41) is 25.3. The topological polar surface area (TPSA) is 88.3 Å². The van der Waals surface area contributed by atoms with Crippen LogP contribution in [0.3, 0.4) is 0 Å². The van der Waals surface area contributed by atoms with Gasteiger partial charge in [-0.25, -0.2) is 0 Å². The minimum Gasteiger partial charge on any atom is -0.391 e. The van der Waals surface area contributed by atoms with E-state index in [1.54, 1.807) is 18.3 Å². The van der Waals surface area contributed by atoms with Gasteiger partial charge in [0.05, 0.1) is 16.4 Å². The van der Waals surface area contributed by atoms with Gasteiger partial charge in [-0.15, -0.1) is 0 Å². The Labute approximate surface area is 123 Å². The molecule has 1 aromatic heterocycles. The van der Waals surface area contributed by atoms with Gasteiger partial charge in [-0.2, -0.15) is 0 Å². The molecule has 0 aliphatic rings. The van der Waals surface area contributed by atoms with Gasteiger partial charge in [0.2, 0.25) is 0 Å². The maximum Gasteiger partial charge on any atom is 0.277 e. The Morgan fingerprint density at radius 3 is 2.76 bits per heavy atom. The van der Waals surface area contributed by atoms with Crippen LogP contribution in [0.1, 0.15) is 20.3 Å². The van der Waals surface area contributed by atoms with Crippen LogP contribution in [0.4, 0.5) is 11.4 Å². The van der Waals surface area contributed by atoms with E-state index in [-0.39, 0.29) is 5.69 Å². The molecule has 1 unspecified atom stereocenters. The molecule has 1 aromatic carbocycles. The second-order valence-electron chi connectivity index (χ2n) is 5.47. The maximum absolute atomic E-state index is 11.0. The van der Waals surface area contributed by atoms with Gasteiger partial charge in [-0.1, -0.05) is 13.8 Å². The molecule has 0 spiro atoms. The number of hydrogen-bond acceptors (Lipinski definition) is 5. The number of non-ortho nitro benzene ring substituents is 1. The summed E-state index contributed by atoms with van der Waals surface area (Å²) >= 11 is 0. The number of nitrogens with one attached hydrogen (secondary N) is 1. The first-order chi connectivity index (χ1) is 9.99. The molecule has 0 bridgehead atoms. The Kier molecular flexibility index (Phi) is 4.70. The Morgan fingerprint density at radius 1 is 1.33 bits per heavy atom. The number of rotatable bonds is 6. The fraction of sp³-hybridized carbons (Fsp3) is 0.400. The van der Waals surface area contributed by atoms with E-state index in [0.29, 0.717) is 29.7 Å². The number of fused-ring (bicyclic) bond motifs is 1. The van der Waals surface area contributed by atoms with E-state index in [0.717, 1.165) is 5.69 Å². The molecule has 0 radical (unpaired) electrons. The average Bonchev–Trinajstić information content (AvgIpc) is 2.43. The zero-order chi connectivity index (χ0) is 15.4. The van der Waals surface area contributed by atoms with Crippen LogP contribution < -0.4 is 5.32 Å². The monoisotopic (exact) mass is 289 g/mol. The van der Waals surface area contributed by atoms with Gasteiger partial charge in [-0.05, 0) is 24.5 Å². The van der Waals surface area contributed by atoms with E-state index in [4.69, 9.17) is 0 Å². The van der Waals surface area contributed by atoms with Crippen LogP contribution >= 0.6 is 0 Å². The largest absolute Gasteiger partial charge is 0.391 e. The highest BCUT2D eigenvalue weighted by atomic mass is 16.6. The molecule has 1 heterocycles. The van der Waals surface area contributed by atoms with Crippen LogP contribution in [0.5, 0.6) is 0 Å². The van der Waals surface area contributed by atoms with Gasteiger partial charge in [0.1, 0.15) is 0 Å². The molecular weight excluding hydrogens is 270 g/mol. The molecule has 0 aliphatic heterocycles. The predicted octanol–water partition coefficient (Wildman–Crippen LogP) is 2.96. The fourth-order valence-electron chi connectivity index (χ4n) is 2.34. The summed E-state index contributed by atoms with van der Waals surface area (Å²) in [4.78, 5) is 14.7. The number of nitro benzene ring substituents is 1. The predicted molar refractivity (Wildman–Crippen MR) is 82.3 cm³/mol. The first-order valence-electron chi connectivity index (χ1n) is 6.92. The molecule has 2 aromatic rings. The van der Waals surface area contributed by atoms with E-state index >= 15 is 0 Å². The molecule has 2 rings (SSSR count). The van der Waals surface area contributed by atoms with E-state index in [1.165, 1.54) is 12.3 Å². The summed E-state index contributed by atoms with van der Waals surface area (Å²) in [6.45, 7) is 4.50. The van der Waals surface area contributed by atoms with E-state index < -0.39 is 11.0 Å². The first kappa shape index (κ1) is 15.2. The van der Waals surface area contributed by atoms with Gasteiger partial charge in [0.25, 0.3) is 5.69 Å². The highest BCUT2D eigenvalue weighted by Crippen LogP contribution is 2.30. The molecule has 0 aliphatic carbocycles. The van der Waals surface area contributed by atoms with Gasteiger partial charge in [0.15, 0.2) is 0 Å². The summed E-state index contributed by atoms with van der Waals surface area (Å²) in [6, 6.07) is 4.76. The molecule has 0 fully saturated rings. The smallest absolute Gasteiger partial charge is 0.277 e. The standard InChI is InChI=1S/C15H19N3O3/c1-10(2)7-11(19)8-17-14-3-4-15(18(20)21)12-5-6-16-9-13(12)14/h3-6,9-11,17,19H,7-8H2,1-2H3. The molecule has 112 valence electrons. The molecule has 6 nitrogen and oxygen atoms in total. The van der Waals surface area contributed by atoms with Crippen molar-refractivity contribution in [2.45, 2.75) is 26.4 Å². The Hall–Kier alpha value is -2.21. The number of nitro groups is 1. The van der Waals surface area contributed by atoms with Crippen LogP contribution in [-0.2, 0) is 0 Å². The number of benzene rings is 1. The van der Waals surface area contributed by atoms with Crippen molar-refractivity contribution < 1.29 is 10.0 Å². The van der Waals surface area contributed by atoms with Crippen LogP contribution in [0.15, 0.2) is 30.6 Å². The normalized spacial score (nSPS) is 12.6. The minimum atomic E-state index is -0.452. The number of nitrogens with zero attached hydrogens (tertiary/aromatic N) is 2. The minimum absolute atomic E-state index is 0.0562. The number of aliphatic hydroxyl groups excluding tert-OH is 1. The fourth-order valence-corrected chi connectivity index (χ4v) is 2.34. The molecule has 21 heavy (non-hydrogen) atoms. The summed E-state index contributed by atoms with van der Waals surface area (Å²) in [7, 11) is 0. The number of pyridine rings is 1. The lowest BCUT2D eigenvalue weighted by Crippen LogP contribution is -2.21. The second-order valence-corrected chi connectivity index (χ2v) is 5.47. The molecule has 0 saturated heterocycles. The molecular formula is C15H19N3O3. The second kappa shape index (κ2) is 6.49. The summed E-state index contributed by atoms with van der Waals surface area (Å²) in [6.07, 6.45) is 3.38. The van der Waals surface area contributed by atoms with Crippen molar-refractivity contribution in [1.29, 1.82) is 0 Å². The quantitative estimate of drug-likeness (QED) is 0.630. The number of anilines is 1. The van der Waals surface area contributed by atoms with E-state index in [9.17, 15) is 15.2 Å². The highest BCUT2D eigenvalue weighted by molar-refractivity contribution is 5.99. The number of aliphatic hydroxyl groups is 1. The van der Waals surface area contributed by atoms with Crippen molar-refractivity contribution in [2.24, 2.45) is 5.92 Å². The highest BCUT2D eigenvalue weighted by Gasteiger charge is 2.15. The third-order valence-electron chi connectivity index (χ3n) is 3.26. The summed E-state index contributed by atoms with van der Waals surface area (Å²) < 4.78 is 0. The summed E-state index contributed by atoms with van der Waals surface area (Å²) in [5.41, 5.74) is 0.798. The van der Waals surface area contributed by atoms with Crippen LogP contribution in [-0.4, -0.2) is 27.7 Å². The third-order valence-corrected chi connectivity index (χ3v) is 3.26. The van der Waals surface area contributed by atoms with Crippen LogP contribution in [0.2, 0.25) is 0 Å². The third kappa shape index (κ3) is 3.66. The lowest BCUT2D eigenvalue weighted by molar-refractivity contribution is -0.383. The number of aromatic nitrogens is 1. The van der Waals surface area contributed by atoms with Crippen molar-refractivity contribution in [3.05, 3.63) is 40.7 Å². The zero-order valence-electron chi connectivity index (χ0n) is 12.1. The van der Waals surface area contributed by atoms with Crippen LogP contribution in [0, 0.1) is 16.0 Å². The summed E-state index contributed by atoms with van der Waals surface area (Å²) in [5.74, 6) is 0.414. The molecule has 0 amide bonds. The van der Waals surface area contributed by atoms with Gasteiger partial charge >= 0.3 is 0 Å². The maximum atomic E-state index is 11.0. The molecule has 1 atom stereocenters. The number of hydrogen-bond donors (Lipinski definition) is 2. The average molecular weight is 289 g/mol. The van der Waals surface area contributed by atoms with E-state index in [1.807, 2.05) is 0 Å². The van der Waals surface area contributed by atoms with Crippen molar-refractivity contribution in [1.82, 2.24) is 4.98 Å². The van der Waals surface area contributed by atoms with Crippen molar-refractivity contribution in [3.8, 4) is 0 Å². The first-order valence-corrected chi connectivity index (χ1v) is 6.92. The van der Waals surface area contributed by atoms with Crippen molar-refractivity contribution in [3.63, 3.8) is 0 Å². The Bertz CT molecular complexity index is 643. The van der Waals surface area contributed by atoms with Gasteiger partial charge < -0.3 is 10.4 Å². The van der Waals surface area contributed by atoms with Gasteiger partial charge in [-0.3, -0.25) is 15.1 Å². The lowest BCUT2D eigenvalue weighted by Gasteiger charge is -2.15. The Morgan fingerprint density at radius 2 is 2.10 bits per heavy atom. The van der Waals surface area contributed by atoms with E-state index in [2.05, 4.69) is 24.1 Å². The molecule has 2 N–H and O–H groups in total. The van der Waals surface area contributed by atoms with Gasteiger partial charge in [0, 0.05) is 36.1 Å². The Balaban J connectivity index is 2.25. The van der Waals surface area contributed by atoms with Crippen LogP contribution in [0.25, 0.3) is 10.8 Å². The van der Waals surface area contributed by atoms with Crippen molar-refractivity contribution >= 4 is 22.1 Å². The lowest BCUT2D eigenvalue weighted by atomic mass is 10.1. The molecule has 6 heteroatoms. The van der Waals surface area contributed by atoms with Crippen molar-refractivity contribution in [2.75, 3.05) is 11.9 Å². The SMILES string of the molecule is CC(C)CC(O)CNc1ccc([N+](=O)[O-])c2ccncc12.